The average Bonchev–Trinajstić information content (AvgIpc) is 2.83. The first-order valence-corrected chi connectivity index (χ1v) is 8.57. The molecule has 0 spiro atoms. The van der Waals surface area contributed by atoms with Crippen LogP contribution in [0.4, 0.5) is 5.95 Å². The van der Waals surface area contributed by atoms with E-state index in [4.69, 9.17) is 4.74 Å². The van der Waals surface area contributed by atoms with Crippen molar-refractivity contribution in [2.24, 2.45) is 0 Å². The van der Waals surface area contributed by atoms with Crippen LogP contribution in [0.3, 0.4) is 0 Å². The number of ether oxygens (including phenoxy) is 1. The van der Waals surface area contributed by atoms with E-state index in [1.807, 2.05) is 26.8 Å². The quantitative estimate of drug-likeness (QED) is 0.739. The smallest absolute Gasteiger partial charge is 0.229 e. The summed E-state index contributed by atoms with van der Waals surface area (Å²) in [6, 6.07) is 2.48. The molecule has 0 amide bonds. The molecular formula is C15H24BrN3O. The Hall–Kier alpha value is -0.840. The third-order valence-corrected chi connectivity index (χ3v) is 4.04. The van der Waals surface area contributed by atoms with Gasteiger partial charge in [-0.15, -0.1) is 0 Å². The third-order valence-electron chi connectivity index (χ3n) is 3.48. The maximum Gasteiger partial charge on any atom is 0.229 e. The second-order valence-corrected chi connectivity index (χ2v) is 6.43. The highest BCUT2D eigenvalue weighted by Gasteiger charge is 2.26. The molecule has 0 aliphatic carbocycles. The molecule has 1 aromatic heterocycles. The zero-order valence-electron chi connectivity index (χ0n) is 12.6. The minimum absolute atomic E-state index is 0.139. The van der Waals surface area contributed by atoms with Crippen molar-refractivity contribution in [3.63, 3.8) is 0 Å². The fourth-order valence-corrected chi connectivity index (χ4v) is 2.99. The SMILES string of the molecule is Cc1cc(OC(C)C)nc(N2CCCC2CCCBr)n1. The Bertz CT molecular complexity index is 439. The molecule has 5 heteroatoms. The summed E-state index contributed by atoms with van der Waals surface area (Å²) >= 11 is 3.51. The van der Waals surface area contributed by atoms with Gasteiger partial charge in [0.2, 0.25) is 11.8 Å². The van der Waals surface area contributed by atoms with Crippen molar-refractivity contribution in [2.75, 3.05) is 16.8 Å². The van der Waals surface area contributed by atoms with E-state index in [2.05, 4.69) is 30.8 Å². The lowest BCUT2D eigenvalue weighted by Crippen LogP contribution is -2.31. The van der Waals surface area contributed by atoms with Gasteiger partial charge in [0.15, 0.2) is 0 Å². The summed E-state index contributed by atoms with van der Waals surface area (Å²) in [5.74, 6) is 1.52. The second-order valence-electron chi connectivity index (χ2n) is 5.63. The molecule has 1 aliphatic heterocycles. The highest BCUT2D eigenvalue weighted by Crippen LogP contribution is 2.27. The van der Waals surface area contributed by atoms with Crippen LogP contribution in [-0.4, -0.2) is 34.0 Å². The third kappa shape index (κ3) is 4.08. The van der Waals surface area contributed by atoms with E-state index < -0.39 is 0 Å². The van der Waals surface area contributed by atoms with E-state index in [-0.39, 0.29) is 6.10 Å². The number of aryl methyl sites for hydroxylation is 1. The summed E-state index contributed by atoms with van der Waals surface area (Å²) in [7, 11) is 0. The number of hydrogen-bond acceptors (Lipinski definition) is 4. The molecule has 0 aromatic carbocycles. The van der Waals surface area contributed by atoms with E-state index >= 15 is 0 Å². The van der Waals surface area contributed by atoms with E-state index in [1.165, 1.54) is 25.7 Å². The average molecular weight is 342 g/mol. The first-order chi connectivity index (χ1) is 9.60. The van der Waals surface area contributed by atoms with Crippen molar-refractivity contribution in [2.45, 2.75) is 58.6 Å². The first-order valence-electron chi connectivity index (χ1n) is 7.45. The number of anilines is 1. The maximum atomic E-state index is 5.73. The van der Waals surface area contributed by atoms with Gasteiger partial charge in [0.1, 0.15) is 0 Å². The molecule has 1 atom stereocenters. The number of hydrogen-bond donors (Lipinski definition) is 0. The van der Waals surface area contributed by atoms with Crippen LogP contribution in [-0.2, 0) is 0 Å². The van der Waals surface area contributed by atoms with Crippen LogP contribution < -0.4 is 9.64 Å². The summed E-state index contributed by atoms with van der Waals surface area (Å²) in [5, 5.41) is 1.06. The first kappa shape index (κ1) is 15.5. The minimum atomic E-state index is 0.139. The van der Waals surface area contributed by atoms with E-state index in [0.29, 0.717) is 11.9 Å². The van der Waals surface area contributed by atoms with Gasteiger partial charge in [-0.05, 0) is 46.5 Å². The molecule has 1 aromatic rings. The number of rotatable bonds is 6. The molecule has 112 valence electrons. The normalized spacial score (nSPS) is 18.9. The Morgan fingerprint density at radius 2 is 2.25 bits per heavy atom. The Morgan fingerprint density at radius 3 is 2.95 bits per heavy atom. The lowest BCUT2D eigenvalue weighted by molar-refractivity contribution is 0.232. The highest BCUT2D eigenvalue weighted by atomic mass is 79.9. The molecule has 4 nitrogen and oxygen atoms in total. The molecule has 1 fully saturated rings. The van der Waals surface area contributed by atoms with Crippen molar-refractivity contribution in [1.82, 2.24) is 9.97 Å². The Kier molecular flexibility index (Phi) is 5.64. The van der Waals surface area contributed by atoms with Crippen molar-refractivity contribution in [3.8, 4) is 5.88 Å². The monoisotopic (exact) mass is 341 g/mol. The van der Waals surface area contributed by atoms with E-state index in [9.17, 15) is 0 Å². The second kappa shape index (κ2) is 7.25. The minimum Gasteiger partial charge on any atom is -0.475 e. The Morgan fingerprint density at radius 1 is 1.45 bits per heavy atom. The molecule has 0 radical (unpaired) electrons. The van der Waals surface area contributed by atoms with Crippen LogP contribution in [0.5, 0.6) is 5.88 Å². The number of aromatic nitrogens is 2. The number of alkyl halides is 1. The van der Waals surface area contributed by atoms with Gasteiger partial charge < -0.3 is 9.64 Å². The molecule has 2 rings (SSSR count). The number of halogens is 1. The van der Waals surface area contributed by atoms with Gasteiger partial charge in [0, 0.05) is 29.7 Å². The predicted octanol–water partition coefficient (Wildman–Crippen LogP) is 3.72. The van der Waals surface area contributed by atoms with Gasteiger partial charge in [0.05, 0.1) is 6.10 Å². The van der Waals surface area contributed by atoms with Crippen LogP contribution >= 0.6 is 15.9 Å². The van der Waals surface area contributed by atoms with Gasteiger partial charge in [-0.3, -0.25) is 0 Å². The molecule has 0 N–H and O–H groups in total. The van der Waals surface area contributed by atoms with E-state index in [0.717, 1.165) is 23.5 Å². The zero-order chi connectivity index (χ0) is 14.5. The predicted molar refractivity (Wildman–Crippen MR) is 85.9 cm³/mol. The zero-order valence-corrected chi connectivity index (χ0v) is 14.2. The maximum absolute atomic E-state index is 5.73. The lowest BCUT2D eigenvalue weighted by atomic mass is 10.1. The summed E-state index contributed by atoms with van der Waals surface area (Å²) in [5.41, 5.74) is 0.969. The standard InChI is InChI=1S/C15H24BrN3O/c1-11(2)20-14-10-12(3)17-15(18-14)19-9-5-7-13(19)6-4-8-16/h10-11,13H,4-9H2,1-3H3. The van der Waals surface area contributed by atoms with Gasteiger partial charge in [-0.2, -0.15) is 4.98 Å². The summed E-state index contributed by atoms with van der Waals surface area (Å²) in [6.45, 7) is 7.09. The van der Waals surface area contributed by atoms with Crippen LogP contribution in [0, 0.1) is 6.92 Å². The molecule has 1 unspecified atom stereocenters. The van der Waals surface area contributed by atoms with Crippen molar-refractivity contribution < 1.29 is 4.74 Å². The fraction of sp³-hybridized carbons (Fsp3) is 0.733. The van der Waals surface area contributed by atoms with E-state index in [1.54, 1.807) is 0 Å². The summed E-state index contributed by atoms with van der Waals surface area (Å²) in [4.78, 5) is 11.5. The lowest BCUT2D eigenvalue weighted by Gasteiger charge is -2.25. The molecule has 0 bridgehead atoms. The van der Waals surface area contributed by atoms with Gasteiger partial charge in [-0.25, -0.2) is 4.98 Å². The van der Waals surface area contributed by atoms with Crippen LogP contribution in [0.2, 0.25) is 0 Å². The molecular weight excluding hydrogens is 318 g/mol. The topological polar surface area (TPSA) is 38.2 Å². The fourth-order valence-electron chi connectivity index (χ4n) is 2.67. The van der Waals surface area contributed by atoms with Crippen LogP contribution in [0.25, 0.3) is 0 Å². The molecule has 1 aliphatic rings. The number of nitrogens with zero attached hydrogens (tertiary/aromatic N) is 3. The molecule has 20 heavy (non-hydrogen) atoms. The molecule has 0 saturated carbocycles. The van der Waals surface area contributed by atoms with Gasteiger partial charge >= 0.3 is 0 Å². The van der Waals surface area contributed by atoms with Crippen molar-refractivity contribution in [1.29, 1.82) is 0 Å². The highest BCUT2D eigenvalue weighted by molar-refractivity contribution is 9.09. The van der Waals surface area contributed by atoms with Crippen LogP contribution in [0.1, 0.15) is 45.2 Å². The van der Waals surface area contributed by atoms with Crippen molar-refractivity contribution >= 4 is 21.9 Å². The summed E-state index contributed by atoms with van der Waals surface area (Å²) < 4.78 is 5.73. The Balaban J connectivity index is 2.16. The molecule has 1 saturated heterocycles. The van der Waals surface area contributed by atoms with Gasteiger partial charge in [-0.1, -0.05) is 15.9 Å². The van der Waals surface area contributed by atoms with Crippen LogP contribution in [0.15, 0.2) is 6.07 Å². The molecule has 2 heterocycles. The largest absolute Gasteiger partial charge is 0.475 e. The summed E-state index contributed by atoms with van der Waals surface area (Å²) in [6.07, 6.45) is 5.00. The Labute approximate surface area is 130 Å². The van der Waals surface area contributed by atoms with Gasteiger partial charge in [0.25, 0.3) is 0 Å². The van der Waals surface area contributed by atoms with Crippen molar-refractivity contribution in [3.05, 3.63) is 11.8 Å².